The molecule has 0 spiro atoms. The van der Waals surface area contributed by atoms with E-state index in [0.717, 1.165) is 18.2 Å². The van der Waals surface area contributed by atoms with Gasteiger partial charge < -0.3 is 5.73 Å². The number of likely N-dealkylation sites (tertiary alicyclic amines) is 1. The minimum absolute atomic E-state index is 0.260. The lowest BCUT2D eigenvalue weighted by Crippen LogP contribution is -2.41. The van der Waals surface area contributed by atoms with Crippen molar-refractivity contribution in [3.63, 3.8) is 0 Å². The van der Waals surface area contributed by atoms with E-state index < -0.39 is 0 Å². The minimum atomic E-state index is 0.260. The molecule has 2 aliphatic rings. The molecule has 2 unspecified atom stereocenters. The maximum atomic E-state index is 6.47. The molecule has 1 aliphatic heterocycles. The average Bonchev–Trinajstić information content (AvgIpc) is 3.09. The first-order chi connectivity index (χ1) is 8.66. The quantitative estimate of drug-likeness (QED) is 0.867. The first-order valence-corrected chi connectivity index (χ1v) is 7.18. The van der Waals surface area contributed by atoms with Crippen molar-refractivity contribution in [2.75, 3.05) is 6.54 Å². The molecule has 0 bridgehead atoms. The molecule has 18 heavy (non-hydrogen) atoms. The summed E-state index contributed by atoms with van der Waals surface area (Å²) < 4.78 is 1.92. The van der Waals surface area contributed by atoms with Gasteiger partial charge in [0.2, 0.25) is 0 Å². The smallest absolute Gasteiger partial charge is 0.0642 e. The number of nitrogens with zero attached hydrogens (tertiary/aromatic N) is 3. The largest absolute Gasteiger partial charge is 0.326 e. The summed E-state index contributed by atoms with van der Waals surface area (Å²) >= 11 is 0. The van der Waals surface area contributed by atoms with E-state index in [9.17, 15) is 0 Å². The molecule has 3 rings (SSSR count). The molecule has 4 nitrogen and oxygen atoms in total. The zero-order valence-corrected chi connectivity index (χ0v) is 11.5. The van der Waals surface area contributed by atoms with Crippen LogP contribution in [0.4, 0.5) is 0 Å². The highest BCUT2D eigenvalue weighted by molar-refractivity contribution is 5.23. The topological polar surface area (TPSA) is 47.1 Å². The zero-order valence-electron chi connectivity index (χ0n) is 11.5. The highest BCUT2D eigenvalue weighted by Crippen LogP contribution is 2.39. The van der Waals surface area contributed by atoms with Crippen molar-refractivity contribution in [2.45, 2.75) is 57.2 Å². The minimum Gasteiger partial charge on any atom is -0.326 e. The molecule has 0 radical (unpaired) electrons. The van der Waals surface area contributed by atoms with Gasteiger partial charge in [-0.3, -0.25) is 9.58 Å². The molecule has 1 aliphatic carbocycles. The Labute approximate surface area is 109 Å². The van der Waals surface area contributed by atoms with Crippen LogP contribution in [0.3, 0.4) is 0 Å². The van der Waals surface area contributed by atoms with Crippen LogP contribution in [0.15, 0.2) is 6.20 Å². The number of hydrogen-bond acceptors (Lipinski definition) is 3. The molecular weight excluding hydrogens is 224 g/mol. The molecular formula is C14H24N4. The second-order valence-electron chi connectivity index (χ2n) is 5.92. The SMILES string of the molecule is Cc1nn(C)cc1C1C(N)CCCCN1C1CC1. The van der Waals surface area contributed by atoms with Gasteiger partial charge >= 0.3 is 0 Å². The second-order valence-corrected chi connectivity index (χ2v) is 5.92. The van der Waals surface area contributed by atoms with Crippen molar-refractivity contribution in [3.8, 4) is 0 Å². The van der Waals surface area contributed by atoms with Crippen LogP contribution in [0.2, 0.25) is 0 Å². The van der Waals surface area contributed by atoms with Gasteiger partial charge in [-0.1, -0.05) is 6.42 Å². The van der Waals surface area contributed by atoms with E-state index >= 15 is 0 Å². The standard InChI is InChI=1S/C14H24N4/c1-10-12(9-17(2)16-10)14-13(15)5-3-4-8-18(14)11-6-7-11/h9,11,13-14H,3-8,15H2,1-2H3. The fourth-order valence-electron chi connectivity index (χ4n) is 3.35. The van der Waals surface area contributed by atoms with Crippen LogP contribution >= 0.6 is 0 Å². The third-order valence-electron chi connectivity index (χ3n) is 4.35. The van der Waals surface area contributed by atoms with Gasteiger partial charge in [0.15, 0.2) is 0 Å². The van der Waals surface area contributed by atoms with Gasteiger partial charge in [-0.25, -0.2) is 0 Å². The van der Waals surface area contributed by atoms with E-state index in [-0.39, 0.29) is 6.04 Å². The number of nitrogens with two attached hydrogens (primary N) is 1. The van der Waals surface area contributed by atoms with Gasteiger partial charge in [0.1, 0.15) is 0 Å². The predicted octanol–water partition coefficient (Wildman–Crippen LogP) is 1.75. The van der Waals surface area contributed by atoms with Crippen LogP contribution in [-0.4, -0.2) is 33.3 Å². The van der Waals surface area contributed by atoms with Crippen molar-refractivity contribution >= 4 is 0 Å². The number of rotatable bonds is 2. The molecule has 1 aromatic heterocycles. The first-order valence-electron chi connectivity index (χ1n) is 7.18. The van der Waals surface area contributed by atoms with Gasteiger partial charge in [-0.2, -0.15) is 5.10 Å². The Balaban J connectivity index is 1.94. The monoisotopic (exact) mass is 248 g/mol. The highest BCUT2D eigenvalue weighted by Gasteiger charge is 2.39. The summed E-state index contributed by atoms with van der Waals surface area (Å²) in [5, 5.41) is 4.50. The summed E-state index contributed by atoms with van der Waals surface area (Å²) in [7, 11) is 2.00. The van der Waals surface area contributed by atoms with Crippen LogP contribution in [0.1, 0.15) is 49.4 Å². The molecule has 0 amide bonds. The van der Waals surface area contributed by atoms with E-state index in [0.29, 0.717) is 6.04 Å². The number of aryl methyl sites for hydroxylation is 2. The lowest BCUT2D eigenvalue weighted by atomic mass is 9.97. The van der Waals surface area contributed by atoms with Gasteiger partial charge in [0.05, 0.1) is 11.7 Å². The van der Waals surface area contributed by atoms with E-state index in [1.165, 1.54) is 37.8 Å². The van der Waals surface area contributed by atoms with Gasteiger partial charge in [-0.05, 0) is 39.2 Å². The summed E-state index contributed by atoms with van der Waals surface area (Å²) in [5.41, 5.74) is 8.96. The molecule has 2 heterocycles. The maximum Gasteiger partial charge on any atom is 0.0642 e. The summed E-state index contributed by atoms with van der Waals surface area (Å²) in [6.45, 7) is 3.31. The Kier molecular flexibility index (Phi) is 3.16. The van der Waals surface area contributed by atoms with Crippen molar-refractivity contribution in [1.29, 1.82) is 0 Å². The predicted molar refractivity (Wildman–Crippen MR) is 72.2 cm³/mol. The lowest BCUT2D eigenvalue weighted by molar-refractivity contribution is 0.175. The Morgan fingerprint density at radius 1 is 1.28 bits per heavy atom. The van der Waals surface area contributed by atoms with Crippen LogP contribution < -0.4 is 5.73 Å². The molecule has 100 valence electrons. The Morgan fingerprint density at radius 2 is 2.06 bits per heavy atom. The summed E-state index contributed by atoms with van der Waals surface area (Å²) in [4.78, 5) is 2.65. The van der Waals surface area contributed by atoms with Gasteiger partial charge in [0.25, 0.3) is 0 Å². The summed E-state index contributed by atoms with van der Waals surface area (Å²) in [5.74, 6) is 0. The zero-order chi connectivity index (χ0) is 12.7. The first kappa shape index (κ1) is 12.2. The summed E-state index contributed by atoms with van der Waals surface area (Å²) in [6.07, 6.45) is 8.56. The Morgan fingerprint density at radius 3 is 2.67 bits per heavy atom. The van der Waals surface area contributed by atoms with Crippen LogP contribution in [-0.2, 0) is 7.05 Å². The molecule has 1 saturated carbocycles. The second kappa shape index (κ2) is 4.67. The van der Waals surface area contributed by atoms with Gasteiger partial charge in [0, 0.05) is 30.9 Å². The molecule has 2 atom stereocenters. The molecule has 4 heteroatoms. The fourth-order valence-corrected chi connectivity index (χ4v) is 3.35. The molecule has 2 N–H and O–H groups in total. The third kappa shape index (κ3) is 2.19. The number of aromatic nitrogens is 2. The van der Waals surface area contributed by atoms with Crippen molar-refractivity contribution in [3.05, 3.63) is 17.5 Å². The highest BCUT2D eigenvalue weighted by atomic mass is 15.3. The van der Waals surface area contributed by atoms with Gasteiger partial charge in [-0.15, -0.1) is 0 Å². The van der Waals surface area contributed by atoms with Crippen LogP contribution in [0, 0.1) is 6.92 Å². The normalized spacial score (nSPS) is 30.4. The van der Waals surface area contributed by atoms with Crippen LogP contribution in [0.5, 0.6) is 0 Å². The van der Waals surface area contributed by atoms with E-state index in [2.05, 4.69) is 23.1 Å². The molecule has 0 aromatic carbocycles. The van der Waals surface area contributed by atoms with Crippen molar-refractivity contribution in [2.24, 2.45) is 12.8 Å². The van der Waals surface area contributed by atoms with Crippen molar-refractivity contribution in [1.82, 2.24) is 14.7 Å². The maximum absolute atomic E-state index is 6.47. The molecule has 2 fully saturated rings. The van der Waals surface area contributed by atoms with Crippen molar-refractivity contribution < 1.29 is 0 Å². The Hall–Kier alpha value is -0.870. The number of hydrogen-bond donors (Lipinski definition) is 1. The Bertz CT molecular complexity index is 421. The summed E-state index contributed by atoms with van der Waals surface area (Å²) in [6, 6.07) is 1.42. The lowest BCUT2D eigenvalue weighted by Gasteiger charge is -2.33. The fraction of sp³-hybridized carbons (Fsp3) is 0.786. The third-order valence-corrected chi connectivity index (χ3v) is 4.35. The van der Waals surface area contributed by atoms with Crippen LogP contribution in [0.25, 0.3) is 0 Å². The molecule has 1 saturated heterocycles. The van der Waals surface area contributed by atoms with E-state index in [1.807, 2.05) is 11.7 Å². The van der Waals surface area contributed by atoms with E-state index in [1.54, 1.807) is 0 Å². The average molecular weight is 248 g/mol. The molecule has 1 aromatic rings. The van der Waals surface area contributed by atoms with E-state index in [4.69, 9.17) is 5.73 Å².